The number of alkyl halides is 3. The van der Waals surface area contributed by atoms with Gasteiger partial charge in [-0.15, -0.1) is 0 Å². The highest BCUT2D eigenvalue weighted by Crippen LogP contribution is 2.31. The molecule has 0 amide bonds. The minimum Gasteiger partial charge on any atom is -0.385 e. The molecule has 0 bridgehead atoms. The molecule has 3 rings (SSSR count). The van der Waals surface area contributed by atoms with Gasteiger partial charge in [-0.2, -0.15) is 13.2 Å². The van der Waals surface area contributed by atoms with E-state index in [1.54, 1.807) is 17.3 Å². The van der Waals surface area contributed by atoms with Crippen LogP contribution in [0.25, 0.3) is 0 Å². The van der Waals surface area contributed by atoms with Crippen LogP contribution in [0, 0.1) is 5.92 Å². The van der Waals surface area contributed by atoms with Crippen LogP contribution >= 0.6 is 0 Å². The van der Waals surface area contributed by atoms with Crippen LogP contribution in [-0.2, 0) is 6.18 Å². The number of imidazole rings is 1. The number of piperidine rings is 1. The van der Waals surface area contributed by atoms with Crippen LogP contribution in [0.2, 0.25) is 0 Å². The van der Waals surface area contributed by atoms with E-state index in [1.807, 2.05) is 0 Å². The summed E-state index contributed by atoms with van der Waals surface area (Å²) in [5.41, 5.74) is -0.944. The van der Waals surface area contributed by atoms with Gasteiger partial charge in [-0.05, 0) is 24.8 Å². The zero-order valence-corrected chi connectivity index (χ0v) is 12.2. The van der Waals surface area contributed by atoms with E-state index in [2.05, 4.69) is 19.9 Å². The fourth-order valence-corrected chi connectivity index (χ4v) is 2.74. The second-order valence-electron chi connectivity index (χ2n) is 5.48. The molecule has 1 atom stereocenters. The van der Waals surface area contributed by atoms with E-state index in [4.69, 9.17) is 0 Å². The quantitative estimate of drug-likeness (QED) is 0.903. The highest BCUT2D eigenvalue weighted by atomic mass is 19.4. The highest BCUT2D eigenvalue weighted by Gasteiger charge is 2.34. The summed E-state index contributed by atoms with van der Waals surface area (Å²) in [4.78, 5) is 16.2. The third kappa shape index (κ3) is 3.44. The first-order chi connectivity index (χ1) is 10.9. The van der Waals surface area contributed by atoms with E-state index < -0.39 is 18.0 Å². The Morgan fingerprint density at radius 2 is 1.96 bits per heavy atom. The van der Waals surface area contributed by atoms with Gasteiger partial charge in [-0.25, -0.2) is 15.0 Å². The molecule has 9 heteroatoms. The van der Waals surface area contributed by atoms with Gasteiger partial charge in [-0.1, -0.05) is 0 Å². The number of hydrogen-bond donors (Lipinski definition) is 2. The lowest BCUT2D eigenvalue weighted by Crippen LogP contribution is -2.37. The van der Waals surface area contributed by atoms with Crippen molar-refractivity contribution in [2.24, 2.45) is 5.92 Å². The lowest BCUT2D eigenvalue weighted by atomic mass is 9.91. The first-order valence-electron chi connectivity index (χ1n) is 7.27. The molecule has 23 heavy (non-hydrogen) atoms. The predicted octanol–water partition coefficient (Wildman–Crippen LogP) is 2.17. The lowest BCUT2D eigenvalue weighted by Gasteiger charge is -2.33. The first kappa shape index (κ1) is 15.7. The van der Waals surface area contributed by atoms with Crippen LogP contribution in [0.4, 0.5) is 19.1 Å². The predicted molar refractivity (Wildman–Crippen MR) is 75.5 cm³/mol. The third-order valence-corrected chi connectivity index (χ3v) is 4.00. The summed E-state index contributed by atoms with van der Waals surface area (Å²) in [5, 5.41) is 10.2. The van der Waals surface area contributed by atoms with Crippen LogP contribution in [0.3, 0.4) is 0 Å². The summed E-state index contributed by atoms with van der Waals surface area (Å²) in [6, 6.07) is 0.858. The molecule has 1 aliphatic rings. The minimum atomic E-state index is -4.48. The Morgan fingerprint density at radius 1 is 1.22 bits per heavy atom. The molecule has 0 radical (unpaired) electrons. The average Bonchev–Trinajstić information content (AvgIpc) is 3.08. The number of H-pyrrole nitrogens is 1. The lowest BCUT2D eigenvalue weighted by molar-refractivity contribution is -0.141. The molecule has 2 N–H and O–H groups in total. The number of aliphatic hydroxyl groups excluding tert-OH is 1. The number of halogens is 3. The number of nitrogens with one attached hydrogen (secondary N) is 1. The standard InChI is InChI=1S/C14H16F3N5O/c15-14(16,17)10-1-4-20-13(21-10)22-7-2-9(3-8-22)11(23)12-18-5-6-19-12/h1,4-6,9,11,23H,2-3,7-8H2,(H,18,19)/t11-/m0/s1. The van der Waals surface area contributed by atoms with E-state index >= 15 is 0 Å². The molecule has 124 valence electrons. The van der Waals surface area contributed by atoms with Gasteiger partial charge < -0.3 is 15.0 Å². The van der Waals surface area contributed by atoms with Crippen LogP contribution in [0.1, 0.15) is 30.5 Å². The van der Waals surface area contributed by atoms with E-state index in [1.165, 1.54) is 0 Å². The molecule has 1 aliphatic heterocycles. The van der Waals surface area contributed by atoms with E-state index in [0.29, 0.717) is 31.8 Å². The molecule has 1 fully saturated rings. The van der Waals surface area contributed by atoms with Crippen molar-refractivity contribution in [3.63, 3.8) is 0 Å². The van der Waals surface area contributed by atoms with E-state index in [0.717, 1.165) is 12.3 Å². The van der Waals surface area contributed by atoms with E-state index in [9.17, 15) is 18.3 Å². The van der Waals surface area contributed by atoms with Gasteiger partial charge in [0.1, 0.15) is 17.6 Å². The summed E-state index contributed by atoms with van der Waals surface area (Å²) in [5.74, 6) is 0.590. The largest absolute Gasteiger partial charge is 0.433 e. The number of hydrogen-bond acceptors (Lipinski definition) is 5. The summed E-state index contributed by atoms with van der Waals surface area (Å²) >= 11 is 0. The Kier molecular flexibility index (Phi) is 4.20. The summed E-state index contributed by atoms with van der Waals surface area (Å²) in [7, 11) is 0. The number of aromatic nitrogens is 4. The number of anilines is 1. The molecular weight excluding hydrogens is 311 g/mol. The molecule has 2 aromatic rings. The van der Waals surface area contributed by atoms with Gasteiger partial charge in [0, 0.05) is 31.7 Å². The maximum Gasteiger partial charge on any atom is 0.433 e. The van der Waals surface area contributed by atoms with Crippen LogP contribution in [0.15, 0.2) is 24.7 Å². The topological polar surface area (TPSA) is 77.9 Å². The monoisotopic (exact) mass is 327 g/mol. The van der Waals surface area contributed by atoms with Crippen molar-refractivity contribution in [3.05, 3.63) is 36.2 Å². The van der Waals surface area contributed by atoms with Crippen LogP contribution in [0.5, 0.6) is 0 Å². The van der Waals surface area contributed by atoms with Gasteiger partial charge in [0.2, 0.25) is 5.95 Å². The Balaban J connectivity index is 1.65. The zero-order valence-electron chi connectivity index (χ0n) is 12.2. The van der Waals surface area contributed by atoms with Gasteiger partial charge in [0.05, 0.1) is 0 Å². The molecule has 0 aromatic carbocycles. The summed E-state index contributed by atoms with van der Waals surface area (Å²) < 4.78 is 38.1. The SMILES string of the molecule is O[C@H](c1ncc[nH]1)C1CCN(c2nccc(C(F)(F)F)n2)CC1. The molecule has 1 saturated heterocycles. The van der Waals surface area contributed by atoms with Crippen molar-refractivity contribution in [1.29, 1.82) is 0 Å². The number of aromatic amines is 1. The summed E-state index contributed by atoms with van der Waals surface area (Å²) in [6.45, 7) is 0.980. The molecule has 0 aliphatic carbocycles. The fourth-order valence-electron chi connectivity index (χ4n) is 2.74. The van der Waals surface area contributed by atoms with Gasteiger partial charge in [0.25, 0.3) is 0 Å². The first-order valence-corrected chi connectivity index (χ1v) is 7.27. The van der Waals surface area contributed by atoms with Crippen molar-refractivity contribution in [2.75, 3.05) is 18.0 Å². The van der Waals surface area contributed by atoms with Gasteiger partial charge in [0.15, 0.2) is 0 Å². The molecule has 0 unspecified atom stereocenters. The van der Waals surface area contributed by atoms with E-state index in [-0.39, 0.29) is 11.9 Å². The molecule has 0 saturated carbocycles. The highest BCUT2D eigenvalue weighted by molar-refractivity contribution is 5.31. The zero-order chi connectivity index (χ0) is 16.4. The smallest absolute Gasteiger partial charge is 0.385 e. The molecule has 2 aromatic heterocycles. The Bertz CT molecular complexity index is 638. The second-order valence-corrected chi connectivity index (χ2v) is 5.48. The molecule has 3 heterocycles. The van der Waals surface area contributed by atoms with Gasteiger partial charge in [-0.3, -0.25) is 0 Å². The van der Waals surface area contributed by atoms with Crippen molar-refractivity contribution in [3.8, 4) is 0 Å². The van der Waals surface area contributed by atoms with Crippen molar-refractivity contribution in [2.45, 2.75) is 25.1 Å². The maximum absolute atomic E-state index is 12.7. The number of aliphatic hydroxyl groups is 1. The number of nitrogens with zero attached hydrogens (tertiary/aromatic N) is 4. The fraction of sp³-hybridized carbons (Fsp3) is 0.500. The third-order valence-electron chi connectivity index (χ3n) is 4.00. The van der Waals surface area contributed by atoms with Crippen molar-refractivity contribution >= 4 is 5.95 Å². The van der Waals surface area contributed by atoms with Crippen molar-refractivity contribution in [1.82, 2.24) is 19.9 Å². The average molecular weight is 327 g/mol. The van der Waals surface area contributed by atoms with Crippen LogP contribution < -0.4 is 4.90 Å². The normalized spacial score (nSPS) is 18.2. The molecular formula is C14H16F3N5O. The minimum absolute atomic E-state index is 0.00296. The Hall–Kier alpha value is -2.16. The second kappa shape index (κ2) is 6.15. The molecule has 0 spiro atoms. The maximum atomic E-state index is 12.7. The Labute approximate surface area is 130 Å². The van der Waals surface area contributed by atoms with Crippen molar-refractivity contribution < 1.29 is 18.3 Å². The molecule has 6 nitrogen and oxygen atoms in total. The number of rotatable bonds is 3. The van der Waals surface area contributed by atoms with Crippen LogP contribution in [-0.4, -0.2) is 38.1 Å². The Morgan fingerprint density at radius 3 is 2.57 bits per heavy atom. The summed E-state index contributed by atoms with van der Waals surface area (Å²) in [6.07, 6.45) is 0.409. The van der Waals surface area contributed by atoms with Gasteiger partial charge >= 0.3 is 6.18 Å².